The van der Waals surface area contributed by atoms with E-state index in [-0.39, 0.29) is 11.7 Å². The van der Waals surface area contributed by atoms with Crippen molar-refractivity contribution in [3.8, 4) is 0 Å². The van der Waals surface area contributed by atoms with Gasteiger partial charge in [0, 0.05) is 105 Å². The predicted molar refractivity (Wildman–Crippen MR) is 232 cm³/mol. The number of nitrogens with two attached hydrogens (primary N) is 1. The maximum atomic E-state index is 12.7. The number of rotatable bonds is 5. The molecule has 0 saturated carbocycles. The molecule has 4 N–H and O–H groups in total. The molecule has 8 rings (SSSR count). The molecule has 0 radical (unpaired) electrons. The molecule has 2 aliphatic rings. The first-order valence-corrected chi connectivity index (χ1v) is 22.7. The normalized spacial score (nSPS) is 13.1. The second-order valence-electron chi connectivity index (χ2n) is 12.2. The van der Waals surface area contributed by atoms with E-state index in [1.54, 1.807) is 30.7 Å². The number of ketones is 1. The van der Waals surface area contributed by atoms with E-state index in [9.17, 15) is 9.59 Å². The number of fused-ring (bicyclic) bond motifs is 3. The zero-order chi connectivity index (χ0) is 39.0. The van der Waals surface area contributed by atoms with Crippen molar-refractivity contribution in [1.82, 2.24) is 35.2 Å². The summed E-state index contributed by atoms with van der Waals surface area (Å²) in [7, 11) is 0. The topological polar surface area (TPSA) is 152 Å². The molecule has 16 heteroatoms. The van der Waals surface area contributed by atoms with E-state index in [1.165, 1.54) is 11.3 Å². The van der Waals surface area contributed by atoms with Crippen LogP contribution in [0.25, 0.3) is 17.1 Å². The second kappa shape index (κ2) is 19.0. The predicted octanol–water partition coefficient (Wildman–Crippen LogP) is 9.98. The molecule has 6 heterocycles. The van der Waals surface area contributed by atoms with Crippen LogP contribution in [0.1, 0.15) is 61.0 Å². The Hall–Kier alpha value is -3.34. The molecule has 6 aromatic heterocycles. The minimum Gasteiger partial charge on any atom is -0.384 e. The third kappa shape index (κ3) is 10.5. The maximum Gasteiger partial charge on any atom is 0.251 e. The van der Waals surface area contributed by atoms with E-state index in [0.717, 1.165) is 61.3 Å². The quantitative estimate of drug-likeness (QED) is 0.144. The zero-order valence-electron chi connectivity index (χ0n) is 28.8. The number of anilines is 1. The van der Waals surface area contributed by atoms with Crippen LogP contribution in [0.3, 0.4) is 0 Å². The number of nitrogens with one attached hydrogen (secondary N) is 2. The highest BCUT2D eigenvalue weighted by Gasteiger charge is 2.43. The summed E-state index contributed by atoms with van der Waals surface area (Å²) >= 11 is 21.5. The van der Waals surface area contributed by atoms with Crippen LogP contribution in [0.15, 0.2) is 83.9 Å². The van der Waals surface area contributed by atoms with Crippen molar-refractivity contribution in [2.45, 2.75) is 42.9 Å². The van der Waals surface area contributed by atoms with Gasteiger partial charge in [-0.05, 0) is 94.5 Å². The van der Waals surface area contributed by atoms with Crippen LogP contribution >= 0.6 is 87.6 Å². The van der Waals surface area contributed by atoms with E-state index in [4.69, 9.17) is 17.3 Å². The van der Waals surface area contributed by atoms with Gasteiger partial charge in [0.1, 0.15) is 16.6 Å². The number of hydrogen-bond acceptors (Lipinski definition) is 8. The van der Waals surface area contributed by atoms with Crippen LogP contribution < -0.4 is 11.1 Å². The van der Waals surface area contributed by atoms with Crippen LogP contribution in [0.2, 0.25) is 5.15 Å². The van der Waals surface area contributed by atoms with Gasteiger partial charge >= 0.3 is 0 Å². The number of allylic oxidation sites excluding steroid dienone is 1. The molecular formula is C38H32Br5ClN8O2. The van der Waals surface area contributed by atoms with Crippen LogP contribution in [0.4, 0.5) is 5.82 Å². The van der Waals surface area contributed by atoms with Gasteiger partial charge in [-0.1, -0.05) is 61.7 Å². The molecule has 0 saturated heterocycles. The van der Waals surface area contributed by atoms with E-state index < -0.39 is 3.23 Å². The fourth-order valence-electron chi connectivity index (χ4n) is 5.84. The molecule has 0 spiro atoms. The summed E-state index contributed by atoms with van der Waals surface area (Å²) in [5.41, 5.74) is 15.8. The molecule has 1 amide bonds. The van der Waals surface area contributed by atoms with E-state index >= 15 is 0 Å². The van der Waals surface area contributed by atoms with Crippen molar-refractivity contribution >= 4 is 122 Å². The highest BCUT2D eigenvalue weighted by atomic mass is 80.9. The van der Waals surface area contributed by atoms with Gasteiger partial charge in [0.25, 0.3) is 5.91 Å². The molecule has 10 nitrogen and oxygen atoms in total. The third-order valence-electron chi connectivity index (χ3n) is 8.44. The maximum absolute atomic E-state index is 12.7. The third-order valence-corrected chi connectivity index (χ3v) is 10.8. The Morgan fingerprint density at radius 3 is 2.56 bits per heavy atom. The molecule has 0 fully saturated rings. The average molecular weight is 1070 g/mol. The summed E-state index contributed by atoms with van der Waals surface area (Å²) < 4.78 is 0.149. The van der Waals surface area contributed by atoms with Gasteiger partial charge in [0.2, 0.25) is 0 Å². The zero-order valence-corrected chi connectivity index (χ0v) is 37.5. The number of aromatic amines is 1. The molecular weight excluding hydrogens is 1040 g/mol. The van der Waals surface area contributed by atoms with Gasteiger partial charge in [-0.3, -0.25) is 24.5 Å². The molecule has 0 bridgehead atoms. The largest absolute Gasteiger partial charge is 0.384 e. The number of nitrogens with zero attached hydrogens (tertiary/aromatic N) is 5. The number of alkyl halides is 2. The number of amides is 1. The lowest BCUT2D eigenvalue weighted by molar-refractivity contribution is -0.117. The fourth-order valence-corrected chi connectivity index (χ4v) is 7.34. The second-order valence-corrected chi connectivity index (χ2v) is 17.0. The Balaban J connectivity index is 0.000000189. The van der Waals surface area contributed by atoms with Crippen molar-refractivity contribution < 1.29 is 9.59 Å². The summed E-state index contributed by atoms with van der Waals surface area (Å²) in [6.45, 7) is 4.23. The Kier molecular flexibility index (Phi) is 14.7. The van der Waals surface area contributed by atoms with Crippen LogP contribution in [-0.4, -0.2) is 41.6 Å². The number of carbonyl (C=O) groups excluding carboxylic acids is 2. The Morgan fingerprint density at radius 2 is 1.80 bits per heavy atom. The van der Waals surface area contributed by atoms with Gasteiger partial charge in [-0.25, -0.2) is 9.97 Å². The Bertz CT molecular complexity index is 2330. The first-order valence-electron chi connectivity index (χ1n) is 16.3. The minimum atomic E-state index is -0.730. The number of aryl methyl sites for hydroxylation is 2. The number of hydrogen-bond donors (Lipinski definition) is 3. The number of pyridine rings is 5. The number of Topliss-reactive ketones (excluding diaryl/α,β-unsaturated/α-hetero) is 1. The van der Waals surface area contributed by atoms with E-state index in [1.807, 2.05) is 50.4 Å². The van der Waals surface area contributed by atoms with Crippen molar-refractivity contribution in [3.05, 3.63) is 145 Å². The van der Waals surface area contributed by atoms with Gasteiger partial charge < -0.3 is 16.0 Å². The smallest absolute Gasteiger partial charge is 0.251 e. The van der Waals surface area contributed by atoms with Crippen LogP contribution in [0.5, 0.6) is 0 Å². The van der Waals surface area contributed by atoms with Crippen molar-refractivity contribution in [2.24, 2.45) is 0 Å². The van der Waals surface area contributed by atoms with Crippen molar-refractivity contribution in [2.75, 3.05) is 5.73 Å². The molecule has 0 aliphatic heterocycles. The molecule has 54 heavy (non-hydrogen) atoms. The lowest BCUT2D eigenvalue weighted by Crippen LogP contribution is -2.24. The van der Waals surface area contributed by atoms with Gasteiger partial charge in [-0.2, -0.15) is 0 Å². The first-order chi connectivity index (χ1) is 25.9. The summed E-state index contributed by atoms with van der Waals surface area (Å²) in [6.07, 6.45) is 13.2. The number of carbonyl (C=O) groups is 2. The summed E-state index contributed by atoms with van der Waals surface area (Å²) in [6, 6.07) is 15.1. The average Bonchev–Trinajstić information content (AvgIpc) is 3.84. The van der Waals surface area contributed by atoms with Gasteiger partial charge in [0.15, 0.2) is 9.02 Å². The van der Waals surface area contributed by atoms with Gasteiger partial charge in [0.05, 0.1) is 17.8 Å². The summed E-state index contributed by atoms with van der Waals surface area (Å²) in [5, 5.41) is 4.44. The summed E-state index contributed by atoms with van der Waals surface area (Å²) in [5.74, 6) is 0.404. The van der Waals surface area contributed by atoms with E-state index in [2.05, 4.69) is 129 Å². The molecule has 0 atom stereocenters. The fraction of sp³-hybridized carbons (Fsp3) is 0.184. The number of H-pyrrole nitrogens is 1. The molecule has 6 aromatic rings. The monoisotopic (exact) mass is 1060 g/mol. The minimum absolute atomic E-state index is 0.0908. The standard InChI is InChI=1S/C22H21ClN6O.C8H4Br3NO.C8H7N.Br2/c1-12-5-20(24)28-13(2)18(12)11-27-22(30)15-3-4-25-17(8-15)7-14-6-16-9-19(23)29-21(16)26-10-14;9-4-1-5-6(12-3-4)2-7(13)8(5,10)11;1-3-7-4-2-6-9-8(7)5-1;1-2/h3-6,8-10H,7,11H2,1-2H3,(H2,24,28)(H,26,29)(H,27,30);1,3H,2H2;1-4,6H,5H2;. The molecule has 0 unspecified atom stereocenters. The van der Waals surface area contributed by atoms with Gasteiger partial charge in [-0.15, -0.1) is 0 Å². The first kappa shape index (κ1) is 41.8. The molecule has 0 aromatic carbocycles. The molecule has 278 valence electrons. The summed E-state index contributed by atoms with van der Waals surface area (Å²) in [4.78, 5) is 48.6. The molecule has 2 aliphatic carbocycles. The lowest BCUT2D eigenvalue weighted by Gasteiger charge is -2.12. The SMILES string of the molecule is BrBr.C1=Cc2cccnc2C1.Cc1cc(N)nc(C)c1CNC(=O)c1ccnc(Cc2cnc3[nH]c(Cl)cc3c2)c1.O=C1Cc2ncc(Br)cc2C1(Br)Br. The Labute approximate surface area is 357 Å². The van der Waals surface area contributed by atoms with Crippen LogP contribution in [-0.2, 0) is 33.8 Å². The highest BCUT2D eigenvalue weighted by molar-refractivity contribution is 9.93. The number of nitrogen functional groups attached to an aromatic ring is 1. The van der Waals surface area contributed by atoms with E-state index in [0.29, 0.717) is 35.9 Å². The van der Waals surface area contributed by atoms with Crippen molar-refractivity contribution in [1.29, 1.82) is 0 Å². The lowest BCUT2D eigenvalue weighted by atomic mass is 10.1. The Morgan fingerprint density at radius 1 is 1.00 bits per heavy atom. The number of halogens is 6. The van der Waals surface area contributed by atoms with Crippen LogP contribution in [0, 0.1) is 13.8 Å². The van der Waals surface area contributed by atoms with Crippen molar-refractivity contribution in [3.63, 3.8) is 0 Å². The highest BCUT2D eigenvalue weighted by Crippen LogP contribution is 2.46. The number of aromatic nitrogens is 6.